The Hall–Kier alpha value is -2.91. The number of rotatable bonds is 8. The number of para-hydroxylation sites is 2. The normalized spacial score (nSPS) is 16.1. The molecule has 1 saturated heterocycles. The molecule has 186 valence electrons. The fourth-order valence-corrected chi connectivity index (χ4v) is 5.50. The minimum atomic E-state index is -3.68. The van der Waals surface area contributed by atoms with Crippen molar-refractivity contribution in [3.63, 3.8) is 0 Å². The zero-order valence-corrected chi connectivity index (χ0v) is 21.1. The molecule has 0 bridgehead atoms. The summed E-state index contributed by atoms with van der Waals surface area (Å²) < 4.78 is 38.9. The minimum Gasteiger partial charge on any atom is -0.493 e. The molecule has 1 aliphatic heterocycles. The lowest BCUT2D eigenvalue weighted by atomic mass is 9.83. The van der Waals surface area contributed by atoms with Crippen LogP contribution in [0.25, 0.3) is 0 Å². The molecule has 0 unspecified atom stereocenters. The van der Waals surface area contributed by atoms with E-state index >= 15 is 0 Å². The van der Waals surface area contributed by atoms with Gasteiger partial charge in [-0.05, 0) is 62.7 Å². The molecule has 0 spiro atoms. The molecular formula is C27H32N2O5S. The number of sulfonamides is 1. The van der Waals surface area contributed by atoms with Crippen molar-refractivity contribution in [2.45, 2.75) is 36.8 Å². The fourth-order valence-electron chi connectivity index (χ4n) is 4.50. The van der Waals surface area contributed by atoms with Crippen LogP contribution >= 0.6 is 0 Å². The Balaban J connectivity index is 1.46. The van der Waals surface area contributed by atoms with Gasteiger partial charge in [-0.15, -0.1) is 0 Å². The van der Waals surface area contributed by atoms with E-state index in [-0.39, 0.29) is 4.90 Å². The molecule has 8 heteroatoms. The van der Waals surface area contributed by atoms with Crippen molar-refractivity contribution < 1.29 is 23.0 Å². The number of ether oxygens (including phenoxy) is 2. The lowest BCUT2D eigenvalue weighted by Gasteiger charge is -2.39. The van der Waals surface area contributed by atoms with Crippen molar-refractivity contribution in [3.05, 3.63) is 83.4 Å². The molecule has 1 fully saturated rings. The topological polar surface area (TPSA) is 88.1 Å². The van der Waals surface area contributed by atoms with Gasteiger partial charge in [-0.3, -0.25) is 4.90 Å². The van der Waals surface area contributed by atoms with Crippen LogP contribution in [-0.4, -0.2) is 45.7 Å². The van der Waals surface area contributed by atoms with Crippen molar-refractivity contribution >= 4 is 10.0 Å². The SMILES string of the molecule is CNS(=O)(=O)c1ccc(C)cc1C1(O)CCN(Cc2cccc(Oc3ccccc3OC)c2)CC1. The number of benzene rings is 3. The first-order chi connectivity index (χ1) is 16.7. The number of hydrogen-bond acceptors (Lipinski definition) is 6. The summed E-state index contributed by atoms with van der Waals surface area (Å²) in [5.41, 5.74) is 1.28. The van der Waals surface area contributed by atoms with Crippen molar-refractivity contribution in [2.24, 2.45) is 0 Å². The number of piperidine rings is 1. The summed E-state index contributed by atoms with van der Waals surface area (Å²) in [6, 6.07) is 20.6. The Morgan fingerprint density at radius 3 is 2.40 bits per heavy atom. The van der Waals surface area contributed by atoms with Crippen LogP contribution in [0.4, 0.5) is 0 Å². The van der Waals surface area contributed by atoms with Crippen molar-refractivity contribution in [3.8, 4) is 17.2 Å². The van der Waals surface area contributed by atoms with E-state index < -0.39 is 15.6 Å². The van der Waals surface area contributed by atoms with Crippen LogP contribution in [0.3, 0.4) is 0 Å². The zero-order valence-electron chi connectivity index (χ0n) is 20.3. The van der Waals surface area contributed by atoms with Crippen LogP contribution in [0, 0.1) is 6.92 Å². The van der Waals surface area contributed by atoms with E-state index in [4.69, 9.17) is 9.47 Å². The van der Waals surface area contributed by atoms with E-state index in [2.05, 4.69) is 9.62 Å². The van der Waals surface area contributed by atoms with Gasteiger partial charge in [0, 0.05) is 25.2 Å². The van der Waals surface area contributed by atoms with Gasteiger partial charge in [0.05, 0.1) is 17.6 Å². The lowest BCUT2D eigenvalue weighted by Crippen LogP contribution is -2.43. The Morgan fingerprint density at radius 1 is 1.00 bits per heavy atom. The molecule has 0 radical (unpaired) electrons. The summed E-state index contributed by atoms with van der Waals surface area (Å²) in [5, 5.41) is 11.5. The highest BCUT2D eigenvalue weighted by Crippen LogP contribution is 2.38. The van der Waals surface area contributed by atoms with Gasteiger partial charge in [0.2, 0.25) is 10.0 Å². The predicted octanol–water partition coefficient (Wildman–Crippen LogP) is 4.19. The second kappa shape index (κ2) is 10.4. The molecule has 0 aromatic heterocycles. The summed E-state index contributed by atoms with van der Waals surface area (Å²) in [7, 11) is -0.676. The lowest BCUT2D eigenvalue weighted by molar-refractivity contribution is -0.0299. The molecule has 1 aliphatic rings. The van der Waals surface area contributed by atoms with Crippen LogP contribution in [0.5, 0.6) is 17.2 Å². The third-order valence-electron chi connectivity index (χ3n) is 6.48. The van der Waals surface area contributed by atoms with E-state index in [9.17, 15) is 13.5 Å². The van der Waals surface area contributed by atoms with Gasteiger partial charge in [0.1, 0.15) is 5.75 Å². The molecule has 3 aromatic rings. The van der Waals surface area contributed by atoms with Crippen molar-refractivity contribution in [2.75, 3.05) is 27.2 Å². The number of methoxy groups -OCH3 is 1. The van der Waals surface area contributed by atoms with Crippen molar-refractivity contribution in [1.29, 1.82) is 0 Å². The Bertz CT molecular complexity index is 1280. The Morgan fingerprint density at radius 2 is 1.71 bits per heavy atom. The quantitative estimate of drug-likeness (QED) is 0.486. The maximum atomic E-state index is 12.6. The van der Waals surface area contributed by atoms with E-state index in [0.717, 1.165) is 16.9 Å². The smallest absolute Gasteiger partial charge is 0.240 e. The molecule has 35 heavy (non-hydrogen) atoms. The molecule has 0 atom stereocenters. The van der Waals surface area contributed by atoms with Crippen LogP contribution in [0.1, 0.15) is 29.5 Å². The molecule has 1 heterocycles. The number of likely N-dealkylation sites (tertiary alicyclic amines) is 1. The first kappa shape index (κ1) is 25.2. The highest BCUT2D eigenvalue weighted by molar-refractivity contribution is 7.89. The zero-order chi connectivity index (χ0) is 25.1. The standard InChI is InChI=1S/C27H32N2O5S/c1-20-11-12-26(35(31,32)28-2)23(17-20)27(30)13-15-29(16-14-27)19-21-7-6-8-22(18-21)34-25-10-5-4-9-24(25)33-3/h4-12,17-18,28,30H,13-16,19H2,1-3H3. The average Bonchev–Trinajstić information content (AvgIpc) is 2.86. The number of nitrogens with one attached hydrogen (secondary N) is 1. The summed E-state index contributed by atoms with van der Waals surface area (Å²) in [6.07, 6.45) is 0.889. The molecule has 0 aliphatic carbocycles. The van der Waals surface area contributed by atoms with Crippen LogP contribution in [-0.2, 0) is 22.2 Å². The first-order valence-electron chi connectivity index (χ1n) is 11.6. The number of aryl methyl sites for hydroxylation is 1. The number of nitrogens with zero attached hydrogens (tertiary/aromatic N) is 1. The van der Waals surface area contributed by atoms with Gasteiger partial charge >= 0.3 is 0 Å². The second-order valence-electron chi connectivity index (χ2n) is 8.92. The van der Waals surface area contributed by atoms with Gasteiger partial charge in [0.15, 0.2) is 11.5 Å². The molecule has 4 rings (SSSR count). The Labute approximate surface area is 207 Å². The predicted molar refractivity (Wildman–Crippen MR) is 135 cm³/mol. The molecule has 3 aromatic carbocycles. The first-order valence-corrected chi connectivity index (χ1v) is 13.1. The van der Waals surface area contributed by atoms with E-state index in [1.54, 1.807) is 25.3 Å². The molecule has 0 amide bonds. The largest absolute Gasteiger partial charge is 0.493 e. The van der Waals surface area contributed by atoms with E-state index in [0.29, 0.717) is 49.5 Å². The number of aliphatic hydroxyl groups is 1. The highest BCUT2D eigenvalue weighted by atomic mass is 32.2. The third-order valence-corrected chi connectivity index (χ3v) is 7.95. The molecule has 2 N–H and O–H groups in total. The van der Waals surface area contributed by atoms with E-state index in [1.807, 2.05) is 55.5 Å². The maximum Gasteiger partial charge on any atom is 0.240 e. The third kappa shape index (κ3) is 5.67. The monoisotopic (exact) mass is 496 g/mol. The molecule has 7 nitrogen and oxygen atoms in total. The van der Waals surface area contributed by atoms with Crippen LogP contribution < -0.4 is 14.2 Å². The van der Waals surface area contributed by atoms with E-state index in [1.165, 1.54) is 7.05 Å². The molecular weight excluding hydrogens is 464 g/mol. The van der Waals surface area contributed by atoms with Gasteiger partial charge in [-0.25, -0.2) is 13.1 Å². The maximum absolute atomic E-state index is 12.6. The van der Waals surface area contributed by atoms with Crippen molar-refractivity contribution in [1.82, 2.24) is 9.62 Å². The average molecular weight is 497 g/mol. The van der Waals surface area contributed by atoms with Gasteiger partial charge in [-0.2, -0.15) is 0 Å². The summed E-state index contributed by atoms with van der Waals surface area (Å²) in [5.74, 6) is 2.05. The fraction of sp³-hybridized carbons (Fsp3) is 0.333. The Kier molecular flexibility index (Phi) is 7.47. The second-order valence-corrected chi connectivity index (χ2v) is 10.8. The summed E-state index contributed by atoms with van der Waals surface area (Å²) in [6.45, 7) is 3.88. The van der Waals surface area contributed by atoms with Crippen LogP contribution in [0.2, 0.25) is 0 Å². The van der Waals surface area contributed by atoms with Gasteiger partial charge in [-0.1, -0.05) is 42.0 Å². The summed E-state index contributed by atoms with van der Waals surface area (Å²) >= 11 is 0. The molecule has 0 saturated carbocycles. The minimum absolute atomic E-state index is 0.141. The highest BCUT2D eigenvalue weighted by Gasteiger charge is 2.38. The van der Waals surface area contributed by atoms with Gasteiger partial charge in [0.25, 0.3) is 0 Å². The van der Waals surface area contributed by atoms with Crippen LogP contribution in [0.15, 0.2) is 71.6 Å². The summed E-state index contributed by atoms with van der Waals surface area (Å²) in [4.78, 5) is 2.40. The number of hydrogen-bond donors (Lipinski definition) is 2. The van der Waals surface area contributed by atoms with Gasteiger partial charge < -0.3 is 14.6 Å².